The summed E-state index contributed by atoms with van der Waals surface area (Å²) < 4.78 is 32.9. The lowest BCUT2D eigenvalue weighted by Crippen LogP contribution is -2.55. The van der Waals surface area contributed by atoms with Crippen LogP contribution in [0.5, 0.6) is 0 Å². The van der Waals surface area contributed by atoms with Gasteiger partial charge in [0.15, 0.2) is 11.6 Å². The molecule has 0 amide bonds. The third-order valence-electron chi connectivity index (χ3n) is 10.1. The Bertz CT molecular complexity index is 797. The van der Waals surface area contributed by atoms with Crippen LogP contribution in [0.4, 0.5) is 0 Å². The van der Waals surface area contributed by atoms with Crippen LogP contribution in [0.3, 0.4) is 0 Å². The minimum Gasteiger partial charge on any atom is -0.298 e. The molecule has 272 valence electrons. The monoisotopic (exact) mass is 671 g/mol. The molecule has 0 spiro atoms. The zero-order chi connectivity index (χ0) is 33.8. The Labute approximate surface area is 285 Å². The fourth-order valence-electron chi connectivity index (χ4n) is 6.67. The topological polar surface area (TPSA) is 86.7 Å². The normalized spacial score (nSPS) is 14.8. The van der Waals surface area contributed by atoms with Crippen molar-refractivity contribution in [2.24, 2.45) is 5.41 Å². The summed E-state index contributed by atoms with van der Waals surface area (Å²) in [6.07, 6.45) is 36.5. The van der Waals surface area contributed by atoms with Crippen LogP contribution in [-0.4, -0.2) is 26.3 Å². The summed E-state index contributed by atoms with van der Waals surface area (Å²) in [6.45, 7) is 6.04. The summed E-state index contributed by atoms with van der Waals surface area (Å²) >= 11 is 0. The molecule has 1 heterocycles. The zero-order valence-electron chi connectivity index (χ0n) is 30.6. The molecule has 0 aromatic rings. The van der Waals surface area contributed by atoms with Crippen molar-refractivity contribution < 1.29 is 26.4 Å². The Morgan fingerprint density at radius 2 is 0.652 bits per heavy atom. The van der Waals surface area contributed by atoms with Gasteiger partial charge in [-0.25, -0.2) is 8.37 Å². The maximum absolute atomic E-state index is 13.3. The van der Waals surface area contributed by atoms with Gasteiger partial charge in [-0.05, 0) is 19.8 Å². The second-order valence-corrected chi connectivity index (χ2v) is 15.6. The summed E-state index contributed by atoms with van der Waals surface area (Å²) in [5, 5.41) is 0. The zero-order valence-corrected chi connectivity index (χ0v) is 31.4. The van der Waals surface area contributed by atoms with Crippen LogP contribution in [0.1, 0.15) is 226 Å². The Morgan fingerprint density at radius 3 is 0.870 bits per heavy atom. The first kappa shape index (κ1) is 43.2. The first-order valence-corrected chi connectivity index (χ1v) is 21.3. The minimum atomic E-state index is -4.09. The Kier molecular flexibility index (Phi) is 26.4. The van der Waals surface area contributed by atoms with Gasteiger partial charge in [-0.1, -0.05) is 194 Å². The molecule has 1 fully saturated rings. The maximum Gasteiger partial charge on any atom is 0.405 e. The van der Waals surface area contributed by atoms with E-state index in [2.05, 4.69) is 13.8 Å². The molecule has 0 saturated carbocycles. The van der Waals surface area contributed by atoms with Crippen molar-refractivity contribution >= 4 is 22.0 Å². The van der Waals surface area contributed by atoms with E-state index in [1.165, 1.54) is 161 Å². The van der Waals surface area contributed by atoms with E-state index in [9.17, 15) is 18.0 Å². The van der Waals surface area contributed by atoms with E-state index in [0.29, 0.717) is 12.8 Å². The molecular formula is C39H74O6S. The lowest BCUT2D eigenvalue weighted by Gasteiger charge is -2.38. The molecule has 7 heteroatoms. The van der Waals surface area contributed by atoms with Gasteiger partial charge in [0.1, 0.15) is 5.41 Å². The van der Waals surface area contributed by atoms with Crippen LogP contribution in [-0.2, 0) is 28.4 Å². The maximum atomic E-state index is 13.3. The van der Waals surface area contributed by atoms with Crippen molar-refractivity contribution in [1.29, 1.82) is 0 Å². The van der Waals surface area contributed by atoms with Crippen LogP contribution < -0.4 is 0 Å². The highest BCUT2D eigenvalue weighted by atomic mass is 32.3. The molecular weight excluding hydrogens is 596 g/mol. The van der Waals surface area contributed by atoms with Gasteiger partial charge in [0.2, 0.25) is 6.29 Å². The number of unbranched alkanes of at least 4 members (excludes halogenated alkanes) is 28. The first-order chi connectivity index (χ1) is 22.3. The van der Waals surface area contributed by atoms with Crippen LogP contribution in [0, 0.1) is 5.41 Å². The predicted octanol–water partition coefficient (Wildman–Crippen LogP) is 12.3. The lowest BCUT2D eigenvalue weighted by molar-refractivity contribution is -0.178. The summed E-state index contributed by atoms with van der Waals surface area (Å²) in [5.41, 5.74) is -1.56. The van der Waals surface area contributed by atoms with Crippen molar-refractivity contribution in [1.82, 2.24) is 0 Å². The molecule has 1 aliphatic rings. The van der Waals surface area contributed by atoms with Gasteiger partial charge in [-0.3, -0.25) is 9.59 Å². The quantitative estimate of drug-likeness (QED) is 0.0492. The highest BCUT2D eigenvalue weighted by Crippen LogP contribution is 2.39. The SMILES string of the molecule is CCCCCCCCCCCCCCCCCC(=O)C(C)(C(=O)CCCCCCCCCCCCCCCCC)C1OS(=O)(=O)O1. The number of rotatable bonds is 35. The molecule has 46 heavy (non-hydrogen) atoms. The molecule has 0 N–H and O–H groups in total. The van der Waals surface area contributed by atoms with E-state index in [1.807, 2.05) is 0 Å². The molecule has 0 bridgehead atoms. The van der Waals surface area contributed by atoms with E-state index in [-0.39, 0.29) is 24.4 Å². The average Bonchev–Trinajstić information content (AvgIpc) is 3.02. The Balaban J connectivity index is 2.16. The van der Waals surface area contributed by atoms with Gasteiger partial charge in [-0.2, -0.15) is 8.42 Å². The molecule has 0 atom stereocenters. The Hall–Kier alpha value is -0.790. The average molecular weight is 671 g/mol. The van der Waals surface area contributed by atoms with E-state index in [1.54, 1.807) is 0 Å². The van der Waals surface area contributed by atoms with Crippen LogP contribution >= 0.6 is 0 Å². The number of ketones is 2. The second kappa shape index (κ2) is 28.1. The molecule has 6 nitrogen and oxygen atoms in total. The van der Waals surface area contributed by atoms with Crippen LogP contribution in [0.25, 0.3) is 0 Å². The van der Waals surface area contributed by atoms with Crippen molar-refractivity contribution in [3.05, 3.63) is 0 Å². The molecule has 0 aliphatic carbocycles. The summed E-state index contributed by atoms with van der Waals surface area (Å²) in [5.74, 6) is -0.513. The van der Waals surface area contributed by atoms with Crippen molar-refractivity contribution in [2.75, 3.05) is 0 Å². The lowest BCUT2D eigenvalue weighted by atomic mass is 9.76. The molecule has 1 aliphatic heterocycles. The highest BCUT2D eigenvalue weighted by Gasteiger charge is 2.56. The second-order valence-electron chi connectivity index (χ2n) is 14.4. The highest BCUT2D eigenvalue weighted by molar-refractivity contribution is 7.82. The van der Waals surface area contributed by atoms with Crippen molar-refractivity contribution in [3.63, 3.8) is 0 Å². The fourth-order valence-corrected chi connectivity index (χ4v) is 7.49. The third-order valence-corrected chi connectivity index (χ3v) is 10.9. The number of carbonyl (C=O) groups excluding carboxylic acids is 2. The van der Waals surface area contributed by atoms with E-state index in [0.717, 1.165) is 25.7 Å². The van der Waals surface area contributed by atoms with Gasteiger partial charge in [-0.15, -0.1) is 0 Å². The smallest absolute Gasteiger partial charge is 0.298 e. The van der Waals surface area contributed by atoms with Gasteiger partial charge in [0.05, 0.1) is 0 Å². The van der Waals surface area contributed by atoms with Crippen LogP contribution in [0.15, 0.2) is 0 Å². The molecule has 0 radical (unpaired) electrons. The van der Waals surface area contributed by atoms with Crippen molar-refractivity contribution in [3.8, 4) is 0 Å². The number of Topliss-reactive ketones (excluding diaryl/α,β-unsaturated/α-hetero) is 2. The largest absolute Gasteiger partial charge is 0.405 e. The van der Waals surface area contributed by atoms with Gasteiger partial charge in [0, 0.05) is 12.8 Å². The van der Waals surface area contributed by atoms with Crippen molar-refractivity contribution in [2.45, 2.75) is 233 Å². The van der Waals surface area contributed by atoms with E-state index in [4.69, 9.17) is 8.37 Å². The molecule has 0 aromatic carbocycles. The van der Waals surface area contributed by atoms with E-state index < -0.39 is 22.1 Å². The summed E-state index contributed by atoms with van der Waals surface area (Å²) in [6, 6.07) is 0. The number of hydrogen-bond donors (Lipinski definition) is 0. The Morgan fingerprint density at radius 1 is 0.435 bits per heavy atom. The van der Waals surface area contributed by atoms with E-state index >= 15 is 0 Å². The molecule has 0 aromatic heterocycles. The first-order valence-electron chi connectivity index (χ1n) is 20.0. The van der Waals surface area contributed by atoms with Gasteiger partial charge >= 0.3 is 10.4 Å². The summed E-state index contributed by atoms with van der Waals surface area (Å²) in [7, 11) is -4.09. The standard InChI is InChI=1S/C39H74O6S/c1-4-6-8-10-12-14-16-18-20-22-24-26-28-30-32-34-36(40)39(3,38-44-46(42,43)45-38)37(41)35-33-31-29-27-25-23-21-19-17-15-13-11-9-7-5-2/h38H,4-35H2,1-3H3. The number of carbonyl (C=O) groups is 2. The predicted molar refractivity (Wildman–Crippen MR) is 192 cm³/mol. The molecule has 0 unspecified atom stereocenters. The fraction of sp³-hybridized carbons (Fsp3) is 0.949. The molecule has 1 saturated heterocycles. The summed E-state index contributed by atoms with van der Waals surface area (Å²) in [4.78, 5) is 26.5. The third kappa shape index (κ3) is 20.5. The van der Waals surface area contributed by atoms with Gasteiger partial charge in [0.25, 0.3) is 0 Å². The molecule has 1 rings (SSSR count). The number of hydrogen-bond acceptors (Lipinski definition) is 6. The minimum absolute atomic E-state index is 0.253. The van der Waals surface area contributed by atoms with Gasteiger partial charge < -0.3 is 0 Å². The van der Waals surface area contributed by atoms with Crippen LogP contribution in [0.2, 0.25) is 0 Å².